The third-order valence-electron chi connectivity index (χ3n) is 5.72. The number of rotatable bonds is 2. The number of piperidine rings is 2. The Kier molecular flexibility index (Phi) is 9.90. The SMILES string of the molecule is Cl.Cl.O=C(C1CCCNCC1)N1CCC(N2CCC(O)CC2)CC1. The number of hydrogen-bond donors (Lipinski definition) is 2. The zero-order valence-electron chi connectivity index (χ0n) is 14.5. The molecule has 3 aliphatic heterocycles. The van der Waals surface area contributed by atoms with Crippen molar-refractivity contribution in [3.63, 3.8) is 0 Å². The van der Waals surface area contributed by atoms with Crippen molar-refractivity contribution >= 4 is 30.7 Å². The zero-order chi connectivity index (χ0) is 15.4. The third kappa shape index (κ3) is 5.73. The van der Waals surface area contributed by atoms with Gasteiger partial charge >= 0.3 is 0 Å². The van der Waals surface area contributed by atoms with E-state index in [0.717, 1.165) is 84.2 Å². The average Bonchev–Trinajstić information content (AvgIpc) is 2.84. The van der Waals surface area contributed by atoms with E-state index in [1.54, 1.807) is 0 Å². The van der Waals surface area contributed by atoms with Gasteiger partial charge in [-0.15, -0.1) is 24.8 Å². The van der Waals surface area contributed by atoms with Crippen LogP contribution in [0.3, 0.4) is 0 Å². The van der Waals surface area contributed by atoms with Gasteiger partial charge in [0, 0.05) is 38.1 Å². The van der Waals surface area contributed by atoms with Gasteiger partial charge in [0.25, 0.3) is 0 Å². The number of amides is 1. The van der Waals surface area contributed by atoms with Gasteiger partial charge in [0.1, 0.15) is 0 Å². The van der Waals surface area contributed by atoms with Gasteiger partial charge in [0.15, 0.2) is 0 Å². The molecule has 3 saturated heterocycles. The minimum Gasteiger partial charge on any atom is -0.393 e. The van der Waals surface area contributed by atoms with Crippen molar-refractivity contribution < 1.29 is 9.90 Å². The Morgan fingerprint density at radius 2 is 1.54 bits per heavy atom. The fraction of sp³-hybridized carbons (Fsp3) is 0.941. The lowest BCUT2D eigenvalue weighted by molar-refractivity contribution is -0.137. The molecule has 0 radical (unpaired) electrons. The minimum atomic E-state index is -0.0956. The summed E-state index contributed by atoms with van der Waals surface area (Å²) >= 11 is 0. The molecule has 0 aromatic rings. The molecule has 2 N–H and O–H groups in total. The number of likely N-dealkylation sites (tertiary alicyclic amines) is 2. The van der Waals surface area contributed by atoms with Crippen molar-refractivity contribution in [2.45, 2.75) is 57.1 Å². The Morgan fingerprint density at radius 1 is 0.875 bits per heavy atom. The second-order valence-corrected chi connectivity index (χ2v) is 7.20. The molecule has 1 amide bonds. The smallest absolute Gasteiger partial charge is 0.225 e. The Morgan fingerprint density at radius 3 is 2.21 bits per heavy atom. The maximum atomic E-state index is 12.7. The molecule has 3 rings (SSSR count). The summed E-state index contributed by atoms with van der Waals surface area (Å²) in [4.78, 5) is 17.3. The molecular formula is C17H33Cl2N3O2. The molecule has 0 bridgehead atoms. The van der Waals surface area contributed by atoms with Gasteiger partial charge < -0.3 is 20.2 Å². The van der Waals surface area contributed by atoms with Crippen LogP contribution in [0.25, 0.3) is 0 Å². The van der Waals surface area contributed by atoms with Crippen LogP contribution >= 0.6 is 24.8 Å². The largest absolute Gasteiger partial charge is 0.393 e. The topological polar surface area (TPSA) is 55.8 Å². The van der Waals surface area contributed by atoms with Crippen molar-refractivity contribution in [2.24, 2.45) is 5.92 Å². The van der Waals surface area contributed by atoms with Gasteiger partial charge in [-0.2, -0.15) is 0 Å². The Bertz CT molecular complexity index is 363. The molecule has 142 valence electrons. The first kappa shape index (κ1) is 22.0. The van der Waals surface area contributed by atoms with Crippen molar-refractivity contribution in [3.05, 3.63) is 0 Å². The summed E-state index contributed by atoms with van der Waals surface area (Å²) in [5.74, 6) is 0.646. The standard InChI is InChI=1S/C17H31N3O2.2ClH/c21-16-6-12-19(13-7-16)15-4-10-20(11-5-15)17(22)14-2-1-8-18-9-3-14;;/h14-16,18,21H,1-13H2;2*1H. The summed E-state index contributed by atoms with van der Waals surface area (Å²) < 4.78 is 0. The number of nitrogens with zero attached hydrogens (tertiary/aromatic N) is 2. The normalized spacial score (nSPS) is 27.7. The fourth-order valence-corrected chi connectivity index (χ4v) is 4.23. The van der Waals surface area contributed by atoms with Crippen LogP contribution in [0.15, 0.2) is 0 Å². The van der Waals surface area contributed by atoms with E-state index in [0.29, 0.717) is 11.9 Å². The lowest BCUT2D eigenvalue weighted by atomic mass is 9.95. The highest BCUT2D eigenvalue weighted by Gasteiger charge is 2.31. The number of nitrogens with one attached hydrogen (secondary N) is 1. The highest BCUT2D eigenvalue weighted by Crippen LogP contribution is 2.24. The molecule has 1 atom stereocenters. The molecule has 3 aliphatic rings. The van der Waals surface area contributed by atoms with Crippen molar-refractivity contribution in [3.8, 4) is 0 Å². The lowest BCUT2D eigenvalue weighted by Gasteiger charge is -2.41. The van der Waals surface area contributed by atoms with E-state index in [4.69, 9.17) is 0 Å². The van der Waals surface area contributed by atoms with E-state index in [1.165, 1.54) is 0 Å². The first-order valence-electron chi connectivity index (χ1n) is 9.15. The van der Waals surface area contributed by atoms with E-state index in [-0.39, 0.29) is 36.8 Å². The summed E-state index contributed by atoms with van der Waals surface area (Å²) in [5, 5.41) is 13.0. The van der Waals surface area contributed by atoms with Gasteiger partial charge in [-0.05, 0) is 58.0 Å². The summed E-state index contributed by atoms with van der Waals surface area (Å²) in [6.07, 6.45) is 7.12. The predicted octanol–water partition coefficient (Wildman–Crippen LogP) is 1.67. The van der Waals surface area contributed by atoms with Gasteiger partial charge in [-0.3, -0.25) is 4.79 Å². The molecule has 1 unspecified atom stereocenters. The molecule has 3 fully saturated rings. The second-order valence-electron chi connectivity index (χ2n) is 7.20. The molecule has 0 aromatic heterocycles. The van der Waals surface area contributed by atoms with Crippen LogP contribution in [0.2, 0.25) is 0 Å². The Hall–Kier alpha value is -0.0700. The van der Waals surface area contributed by atoms with E-state index >= 15 is 0 Å². The van der Waals surface area contributed by atoms with Crippen molar-refractivity contribution in [2.75, 3.05) is 39.3 Å². The van der Waals surface area contributed by atoms with E-state index < -0.39 is 0 Å². The van der Waals surface area contributed by atoms with Crippen molar-refractivity contribution in [1.29, 1.82) is 0 Å². The first-order valence-corrected chi connectivity index (χ1v) is 9.15. The van der Waals surface area contributed by atoms with Crippen LogP contribution < -0.4 is 5.32 Å². The van der Waals surface area contributed by atoms with Crippen LogP contribution in [0.1, 0.15) is 44.9 Å². The van der Waals surface area contributed by atoms with Gasteiger partial charge in [0.2, 0.25) is 5.91 Å². The third-order valence-corrected chi connectivity index (χ3v) is 5.72. The van der Waals surface area contributed by atoms with Gasteiger partial charge in [-0.25, -0.2) is 0 Å². The predicted molar refractivity (Wildman–Crippen MR) is 101 cm³/mol. The Balaban J connectivity index is 0.00000144. The summed E-state index contributed by atoms with van der Waals surface area (Å²) in [5.41, 5.74) is 0. The van der Waals surface area contributed by atoms with Crippen LogP contribution in [-0.2, 0) is 4.79 Å². The molecule has 0 saturated carbocycles. The maximum absolute atomic E-state index is 12.7. The quantitative estimate of drug-likeness (QED) is 0.763. The number of aliphatic hydroxyl groups is 1. The summed E-state index contributed by atoms with van der Waals surface area (Å²) in [7, 11) is 0. The maximum Gasteiger partial charge on any atom is 0.225 e. The molecule has 0 aliphatic carbocycles. The monoisotopic (exact) mass is 381 g/mol. The van der Waals surface area contributed by atoms with Crippen LogP contribution in [0.5, 0.6) is 0 Å². The first-order chi connectivity index (χ1) is 10.7. The molecule has 0 aromatic carbocycles. The highest BCUT2D eigenvalue weighted by molar-refractivity contribution is 5.85. The van der Waals surface area contributed by atoms with Crippen LogP contribution in [-0.4, -0.2) is 72.2 Å². The summed E-state index contributed by atoms with van der Waals surface area (Å²) in [6.45, 7) is 5.94. The lowest BCUT2D eigenvalue weighted by Crippen LogP contribution is -2.50. The number of hydrogen-bond acceptors (Lipinski definition) is 4. The van der Waals surface area contributed by atoms with Crippen molar-refractivity contribution in [1.82, 2.24) is 15.1 Å². The summed E-state index contributed by atoms with van der Waals surface area (Å²) in [6, 6.07) is 0.618. The zero-order valence-corrected chi connectivity index (χ0v) is 16.1. The van der Waals surface area contributed by atoms with E-state index in [2.05, 4.69) is 15.1 Å². The van der Waals surface area contributed by atoms with Gasteiger partial charge in [-0.1, -0.05) is 0 Å². The minimum absolute atomic E-state index is 0. The molecule has 0 spiro atoms. The number of carbonyl (C=O) groups is 1. The highest BCUT2D eigenvalue weighted by atomic mass is 35.5. The molecular weight excluding hydrogens is 349 g/mol. The van der Waals surface area contributed by atoms with Crippen LogP contribution in [0.4, 0.5) is 0 Å². The molecule has 5 nitrogen and oxygen atoms in total. The average molecular weight is 382 g/mol. The molecule has 3 heterocycles. The fourth-order valence-electron chi connectivity index (χ4n) is 4.23. The van der Waals surface area contributed by atoms with Crippen LogP contribution in [0, 0.1) is 5.92 Å². The second kappa shape index (κ2) is 10.8. The Labute approximate surface area is 158 Å². The molecule has 7 heteroatoms. The van der Waals surface area contributed by atoms with E-state index in [9.17, 15) is 9.90 Å². The molecule has 24 heavy (non-hydrogen) atoms. The van der Waals surface area contributed by atoms with Gasteiger partial charge in [0.05, 0.1) is 6.10 Å². The number of halogens is 2. The number of aliphatic hydroxyl groups excluding tert-OH is 1. The van der Waals surface area contributed by atoms with E-state index in [1.807, 2.05) is 0 Å². The number of carbonyl (C=O) groups excluding carboxylic acids is 1.